The maximum Gasteiger partial charge on any atom is 0.161 e. The van der Waals surface area contributed by atoms with Gasteiger partial charge in [0.2, 0.25) is 0 Å². The van der Waals surface area contributed by atoms with Gasteiger partial charge in [0.15, 0.2) is 11.6 Å². The van der Waals surface area contributed by atoms with Gasteiger partial charge in [-0.25, -0.2) is 18.2 Å². The van der Waals surface area contributed by atoms with Gasteiger partial charge in [0.1, 0.15) is 11.6 Å². The molecule has 0 unspecified atom stereocenters. The van der Waals surface area contributed by atoms with Crippen molar-refractivity contribution < 1.29 is 13.2 Å². The van der Waals surface area contributed by atoms with Gasteiger partial charge >= 0.3 is 0 Å². The van der Waals surface area contributed by atoms with E-state index >= 15 is 0 Å². The number of thiocarbonyl (C=S) groups is 1. The van der Waals surface area contributed by atoms with E-state index in [0.29, 0.717) is 16.9 Å². The zero-order valence-electron chi connectivity index (χ0n) is 11.2. The minimum atomic E-state index is -0.988. The summed E-state index contributed by atoms with van der Waals surface area (Å²) in [5.74, 6) is -1.95. The van der Waals surface area contributed by atoms with Gasteiger partial charge < -0.3 is 10.3 Å². The Balaban J connectivity index is 2.28. The topological polar surface area (TPSA) is 43.8 Å². The fourth-order valence-electron chi connectivity index (χ4n) is 2.26. The molecule has 0 saturated heterocycles. The van der Waals surface area contributed by atoms with E-state index in [9.17, 15) is 13.2 Å². The minimum absolute atomic E-state index is 0.115. The highest BCUT2D eigenvalue weighted by Gasteiger charge is 2.16. The molecule has 0 spiro atoms. The third-order valence-corrected chi connectivity index (χ3v) is 3.34. The van der Waals surface area contributed by atoms with Gasteiger partial charge in [0.05, 0.1) is 22.6 Å². The lowest BCUT2D eigenvalue weighted by atomic mass is 10.2. The van der Waals surface area contributed by atoms with Crippen LogP contribution in [-0.4, -0.2) is 14.5 Å². The minimum Gasteiger partial charge on any atom is -0.392 e. The fourth-order valence-corrected chi connectivity index (χ4v) is 2.38. The van der Waals surface area contributed by atoms with Crippen LogP contribution < -0.4 is 5.73 Å². The molecule has 7 heteroatoms. The Bertz CT molecular complexity index is 872. The molecule has 112 valence electrons. The predicted octanol–water partition coefficient (Wildman–Crippen LogP) is 3.41. The predicted molar refractivity (Wildman–Crippen MR) is 81.8 cm³/mol. The first-order chi connectivity index (χ1) is 10.5. The molecule has 2 aromatic carbocycles. The van der Waals surface area contributed by atoms with Gasteiger partial charge in [-0.1, -0.05) is 12.2 Å². The van der Waals surface area contributed by atoms with Gasteiger partial charge in [-0.05, 0) is 24.3 Å². The summed E-state index contributed by atoms with van der Waals surface area (Å²) < 4.78 is 41.5. The van der Waals surface area contributed by atoms with Crippen molar-refractivity contribution in [2.24, 2.45) is 5.73 Å². The number of hydrogen-bond donors (Lipinski definition) is 1. The average molecular weight is 321 g/mol. The molecular weight excluding hydrogens is 311 g/mol. The summed E-state index contributed by atoms with van der Waals surface area (Å²) in [6.07, 6.45) is 0. The van der Waals surface area contributed by atoms with Crippen molar-refractivity contribution in [3.05, 3.63) is 53.8 Å². The van der Waals surface area contributed by atoms with E-state index in [0.717, 1.165) is 12.1 Å². The van der Waals surface area contributed by atoms with Crippen molar-refractivity contribution in [2.45, 2.75) is 6.54 Å². The number of nitrogens with zero attached hydrogens (tertiary/aromatic N) is 2. The van der Waals surface area contributed by atoms with Crippen LogP contribution >= 0.6 is 12.2 Å². The van der Waals surface area contributed by atoms with Crippen molar-refractivity contribution in [3.8, 4) is 11.4 Å². The summed E-state index contributed by atoms with van der Waals surface area (Å²) in [7, 11) is 0. The van der Waals surface area contributed by atoms with E-state index in [1.807, 2.05) is 0 Å². The Hall–Kier alpha value is -2.41. The molecule has 0 atom stereocenters. The summed E-state index contributed by atoms with van der Waals surface area (Å²) in [5, 5.41) is 0. The Morgan fingerprint density at radius 1 is 1.09 bits per heavy atom. The van der Waals surface area contributed by atoms with Crippen LogP contribution in [-0.2, 0) is 6.54 Å². The van der Waals surface area contributed by atoms with Crippen LogP contribution in [0.15, 0.2) is 36.4 Å². The SMILES string of the molecule is NC(=S)Cn1c(-c2ccc(F)cc2)nc2cc(F)c(F)cc21. The molecule has 3 rings (SSSR count). The first-order valence-corrected chi connectivity index (χ1v) is 6.76. The van der Waals surface area contributed by atoms with Crippen LogP contribution in [0.1, 0.15) is 0 Å². The number of nitrogens with two attached hydrogens (primary N) is 1. The number of halogens is 3. The molecule has 0 fully saturated rings. The Labute approximate surface area is 129 Å². The molecule has 0 aliphatic heterocycles. The molecule has 3 aromatic rings. The first-order valence-electron chi connectivity index (χ1n) is 6.35. The van der Waals surface area contributed by atoms with Gasteiger partial charge in [-0.3, -0.25) is 0 Å². The summed E-state index contributed by atoms with van der Waals surface area (Å²) in [5.41, 5.74) is 6.80. The van der Waals surface area contributed by atoms with E-state index < -0.39 is 17.5 Å². The Kier molecular flexibility index (Phi) is 3.58. The summed E-state index contributed by atoms with van der Waals surface area (Å²) in [6, 6.07) is 7.66. The van der Waals surface area contributed by atoms with E-state index in [1.165, 1.54) is 24.3 Å². The van der Waals surface area contributed by atoms with Crippen molar-refractivity contribution in [1.29, 1.82) is 0 Å². The Morgan fingerprint density at radius 2 is 1.73 bits per heavy atom. The number of aromatic nitrogens is 2. The zero-order valence-corrected chi connectivity index (χ0v) is 12.0. The monoisotopic (exact) mass is 321 g/mol. The molecule has 0 saturated carbocycles. The standard InChI is InChI=1S/C15H10F3N3S/c16-9-3-1-8(2-4-9)15-20-12-5-10(17)11(18)6-13(12)21(15)7-14(19)22/h1-6H,7H2,(H2,19,22). The van der Waals surface area contributed by atoms with Gasteiger partial charge in [-0.15, -0.1) is 0 Å². The highest BCUT2D eigenvalue weighted by molar-refractivity contribution is 7.80. The molecule has 1 heterocycles. The maximum atomic E-state index is 13.5. The van der Waals surface area contributed by atoms with Crippen molar-refractivity contribution in [2.75, 3.05) is 0 Å². The van der Waals surface area contributed by atoms with E-state index in [4.69, 9.17) is 18.0 Å². The average Bonchev–Trinajstić information content (AvgIpc) is 2.78. The number of hydrogen-bond acceptors (Lipinski definition) is 2. The molecular formula is C15H10F3N3S. The third kappa shape index (κ3) is 2.55. The molecule has 1 aromatic heterocycles. The lowest BCUT2D eigenvalue weighted by Crippen LogP contribution is -2.17. The van der Waals surface area contributed by atoms with Crippen molar-refractivity contribution in [3.63, 3.8) is 0 Å². The zero-order chi connectivity index (χ0) is 15.9. The van der Waals surface area contributed by atoms with Crippen LogP contribution in [0.5, 0.6) is 0 Å². The molecule has 0 aliphatic carbocycles. The van der Waals surface area contributed by atoms with Crippen molar-refractivity contribution >= 4 is 28.2 Å². The molecule has 22 heavy (non-hydrogen) atoms. The second-order valence-electron chi connectivity index (χ2n) is 4.75. The maximum absolute atomic E-state index is 13.5. The molecule has 2 N–H and O–H groups in total. The number of rotatable bonds is 3. The van der Waals surface area contributed by atoms with Gasteiger partial charge in [0.25, 0.3) is 0 Å². The molecule has 0 bridgehead atoms. The van der Waals surface area contributed by atoms with Crippen LogP contribution in [0.25, 0.3) is 22.4 Å². The molecule has 0 aliphatic rings. The first kappa shape index (κ1) is 14.5. The summed E-state index contributed by atoms with van der Waals surface area (Å²) in [4.78, 5) is 4.46. The number of imidazole rings is 1. The normalized spacial score (nSPS) is 11.0. The lowest BCUT2D eigenvalue weighted by molar-refractivity contribution is 0.510. The number of fused-ring (bicyclic) bond motifs is 1. The highest BCUT2D eigenvalue weighted by Crippen LogP contribution is 2.26. The smallest absolute Gasteiger partial charge is 0.161 e. The van der Waals surface area contributed by atoms with Crippen LogP contribution in [0.2, 0.25) is 0 Å². The third-order valence-electron chi connectivity index (χ3n) is 3.21. The fraction of sp³-hybridized carbons (Fsp3) is 0.0667. The van der Waals surface area contributed by atoms with Crippen molar-refractivity contribution in [1.82, 2.24) is 9.55 Å². The van der Waals surface area contributed by atoms with Crippen LogP contribution in [0.4, 0.5) is 13.2 Å². The quantitative estimate of drug-likeness (QED) is 0.752. The Morgan fingerprint density at radius 3 is 2.36 bits per heavy atom. The largest absolute Gasteiger partial charge is 0.392 e. The second kappa shape index (κ2) is 5.42. The number of benzene rings is 2. The summed E-state index contributed by atoms with van der Waals surface area (Å²) in [6.45, 7) is 0.115. The molecule has 3 nitrogen and oxygen atoms in total. The summed E-state index contributed by atoms with van der Waals surface area (Å²) >= 11 is 4.90. The lowest BCUT2D eigenvalue weighted by Gasteiger charge is -2.08. The molecule has 0 radical (unpaired) electrons. The van der Waals surface area contributed by atoms with Gasteiger partial charge in [-0.2, -0.15) is 0 Å². The van der Waals surface area contributed by atoms with E-state index in [1.54, 1.807) is 4.57 Å². The van der Waals surface area contributed by atoms with E-state index in [2.05, 4.69) is 4.98 Å². The van der Waals surface area contributed by atoms with Gasteiger partial charge in [0, 0.05) is 17.7 Å². The van der Waals surface area contributed by atoms with Crippen LogP contribution in [0.3, 0.4) is 0 Å². The van der Waals surface area contributed by atoms with E-state index in [-0.39, 0.29) is 17.0 Å². The molecule has 0 amide bonds. The second-order valence-corrected chi connectivity index (χ2v) is 5.27. The van der Waals surface area contributed by atoms with Crippen LogP contribution in [0, 0.1) is 17.5 Å². The highest BCUT2D eigenvalue weighted by atomic mass is 32.1.